The highest BCUT2D eigenvalue weighted by molar-refractivity contribution is 5.33. The minimum absolute atomic E-state index is 0.592. The van der Waals surface area contributed by atoms with E-state index in [0.717, 1.165) is 18.7 Å². The molecule has 0 atom stereocenters. The lowest BCUT2D eigenvalue weighted by molar-refractivity contribution is 0.126. The smallest absolute Gasteiger partial charge is 0.0580 e. The normalized spacial score (nSPS) is 16.8. The number of nitrogens with one attached hydrogen (secondary N) is 1. The molecule has 0 saturated heterocycles. The third-order valence-corrected chi connectivity index (χ3v) is 3.88. The minimum atomic E-state index is 0.592. The Morgan fingerprint density at radius 1 is 1.24 bits per heavy atom. The van der Waals surface area contributed by atoms with Gasteiger partial charge in [0.05, 0.1) is 6.54 Å². The zero-order chi connectivity index (χ0) is 12.0. The Labute approximate surface area is 105 Å². The predicted molar refractivity (Wildman–Crippen MR) is 72.8 cm³/mol. The van der Waals surface area contributed by atoms with E-state index >= 15 is 0 Å². The average molecular weight is 227 g/mol. The van der Waals surface area contributed by atoms with Gasteiger partial charge >= 0.3 is 0 Å². The Hall–Kier alpha value is -1.26. The lowest BCUT2D eigenvalue weighted by Gasteiger charge is -2.41. The van der Waals surface area contributed by atoms with Crippen molar-refractivity contribution in [3.8, 4) is 11.8 Å². The molecule has 1 nitrogen and oxygen atoms in total. The van der Waals surface area contributed by atoms with Gasteiger partial charge in [-0.05, 0) is 36.8 Å². The molecule has 0 amide bonds. The van der Waals surface area contributed by atoms with Gasteiger partial charge in [-0.25, -0.2) is 0 Å². The molecule has 17 heavy (non-hydrogen) atoms. The van der Waals surface area contributed by atoms with Crippen LogP contribution in [-0.2, 0) is 0 Å². The van der Waals surface area contributed by atoms with Crippen molar-refractivity contribution in [2.24, 2.45) is 5.41 Å². The van der Waals surface area contributed by atoms with E-state index < -0.39 is 0 Å². The van der Waals surface area contributed by atoms with Crippen molar-refractivity contribution in [1.82, 2.24) is 5.32 Å². The van der Waals surface area contributed by atoms with Gasteiger partial charge in [-0.3, -0.25) is 0 Å². The first kappa shape index (κ1) is 12.2. The topological polar surface area (TPSA) is 12.0 Å². The molecule has 1 saturated carbocycles. The molecule has 0 heterocycles. The molecule has 0 aromatic heterocycles. The van der Waals surface area contributed by atoms with E-state index in [1.165, 1.54) is 25.7 Å². The summed E-state index contributed by atoms with van der Waals surface area (Å²) in [5, 5.41) is 3.48. The minimum Gasteiger partial charge on any atom is -0.306 e. The van der Waals surface area contributed by atoms with Crippen LogP contribution in [0.4, 0.5) is 0 Å². The molecule has 0 unspecified atom stereocenters. The van der Waals surface area contributed by atoms with Crippen LogP contribution in [0.5, 0.6) is 0 Å². The zero-order valence-corrected chi connectivity index (χ0v) is 10.6. The van der Waals surface area contributed by atoms with Crippen LogP contribution in [0.2, 0.25) is 0 Å². The summed E-state index contributed by atoms with van der Waals surface area (Å²) in [6.07, 6.45) is 5.49. The lowest BCUT2D eigenvalue weighted by Crippen LogP contribution is -2.39. The number of rotatable bonds is 4. The van der Waals surface area contributed by atoms with Crippen molar-refractivity contribution in [2.45, 2.75) is 32.6 Å². The van der Waals surface area contributed by atoms with Gasteiger partial charge < -0.3 is 5.32 Å². The second-order valence-corrected chi connectivity index (χ2v) is 4.98. The summed E-state index contributed by atoms with van der Waals surface area (Å²) in [4.78, 5) is 0. The van der Waals surface area contributed by atoms with Gasteiger partial charge in [0, 0.05) is 12.1 Å². The highest BCUT2D eigenvalue weighted by atomic mass is 14.9. The van der Waals surface area contributed by atoms with Gasteiger partial charge in [0.2, 0.25) is 0 Å². The first-order valence-corrected chi connectivity index (χ1v) is 6.59. The van der Waals surface area contributed by atoms with E-state index in [1.54, 1.807) is 0 Å². The van der Waals surface area contributed by atoms with Crippen LogP contribution in [0.1, 0.15) is 38.2 Å². The zero-order valence-electron chi connectivity index (χ0n) is 10.6. The summed E-state index contributed by atoms with van der Waals surface area (Å²) < 4.78 is 0. The first-order valence-electron chi connectivity index (χ1n) is 6.59. The number of hydrogen-bond donors (Lipinski definition) is 1. The fraction of sp³-hybridized carbons (Fsp3) is 0.500. The highest BCUT2D eigenvalue weighted by Gasteiger charge is 2.34. The molecule has 90 valence electrons. The van der Waals surface area contributed by atoms with E-state index in [2.05, 4.69) is 24.1 Å². The second kappa shape index (κ2) is 5.89. The van der Waals surface area contributed by atoms with Crippen molar-refractivity contribution in [2.75, 3.05) is 13.1 Å². The van der Waals surface area contributed by atoms with Crippen molar-refractivity contribution < 1.29 is 0 Å². The highest BCUT2D eigenvalue weighted by Crippen LogP contribution is 2.42. The Kier molecular flexibility index (Phi) is 4.23. The maximum Gasteiger partial charge on any atom is 0.0580 e. The number of benzene rings is 1. The molecule has 0 spiro atoms. The van der Waals surface area contributed by atoms with Gasteiger partial charge in [0.25, 0.3) is 0 Å². The molecule has 2 rings (SSSR count). The van der Waals surface area contributed by atoms with Crippen molar-refractivity contribution in [3.63, 3.8) is 0 Å². The standard InChI is InChI=1S/C16H21N/c1-2-16(11-7-12-16)14-17-13-6-10-15-8-4-3-5-9-15/h3-5,8-9,17H,2,7,11-14H2,1H3. The molecule has 0 bridgehead atoms. The Morgan fingerprint density at radius 3 is 2.59 bits per heavy atom. The van der Waals surface area contributed by atoms with Crippen LogP contribution in [0.3, 0.4) is 0 Å². The first-order chi connectivity index (χ1) is 8.35. The second-order valence-electron chi connectivity index (χ2n) is 4.98. The Bertz CT molecular complexity index is 387. The Morgan fingerprint density at radius 2 is 2.00 bits per heavy atom. The summed E-state index contributed by atoms with van der Waals surface area (Å²) in [5.74, 6) is 6.36. The predicted octanol–water partition coefficient (Wildman–Crippen LogP) is 3.21. The lowest BCUT2D eigenvalue weighted by atomic mass is 9.67. The average Bonchev–Trinajstić information content (AvgIpc) is 2.33. The third kappa shape index (κ3) is 3.35. The number of hydrogen-bond acceptors (Lipinski definition) is 1. The van der Waals surface area contributed by atoms with E-state index in [-0.39, 0.29) is 0 Å². The molecule has 1 aromatic carbocycles. The van der Waals surface area contributed by atoms with E-state index in [4.69, 9.17) is 0 Å². The molecule has 1 N–H and O–H groups in total. The molecule has 1 heteroatoms. The molecule has 1 aliphatic carbocycles. The molecule has 0 aliphatic heterocycles. The quantitative estimate of drug-likeness (QED) is 0.615. The van der Waals surface area contributed by atoms with Crippen molar-refractivity contribution >= 4 is 0 Å². The molecule has 1 fully saturated rings. The molecule has 0 radical (unpaired) electrons. The monoisotopic (exact) mass is 227 g/mol. The Balaban J connectivity index is 1.72. The molecule has 1 aliphatic rings. The third-order valence-electron chi connectivity index (χ3n) is 3.88. The van der Waals surface area contributed by atoms with Crippen LogP contribution >= 0.6 is 0 Å². The largest absolute Gasteiger partial charge is 0.306 e. The molecule has 1 aromatic rings. The van der Waals surface area contributed by atoms with E-state index in [0.29, 0.717) is 5.41 Å². The van der Waals surface area contributed by atoms with Crippen molar-refractivity contribution in [3.05, 3.63) is 35.9 Å². The van der Waals surface area contributed by atoms with E-state index in [1.807, 2.05) is 30.3 Å². The maximum atomic E-state index is 3.48. The molecular weight excluding hydrogens is 206 g/mol. The maximum absolute atomic E-state index is 3.48. The van der Waals surface area contributed by atoms with E-state index in [9.17, 15) is 0 Å². The van der Waals surface area contributed by atoms with Crippen molar-refractivity contribution in [1.29, 1.82) is 0 Å². The summed E-state index contributed by atoms with van der Waals surface area (Å²) in [6, 6.07) is 10.2. The SMILES string of the molecule is CCC1(CNCC#Cc2ccccc2)CCC1. The van der Waals surface area contributed by atoms with Gasteiger partial charge in [-0.15, -0.1) is 0 Å². The van der Waals surface area contributed by atoms with Crippen LogP contribution in [0.15, 0.2) is 30.3 Å². The fourth-order valence-electron chi connectivity index (χ4n) is 2.39. The van der Waals surface area contributed by atoms with Gasteiger partial charge in [0.15, 0.2) is 0 Å². The van der Waals surface area contributed by atoms with Crippen LogP contribution in [0, 0.1) is 17.3 Å². The van der Waals surface area contributed by atoms with Crippen LogP contribution < -0.4 is 5.32 Å². The van der Waals surface area contributed by atoms with Crippen LogP contribution in [-0.4, -0.2) is 13.1 Å². The summed E-state index contributed by atoms with van der Waals surface area (Å²) in [6.45, 7) is 4.24. The summed E-state index contributed by atoms with van der Waals surface area (Å²) in [5.41, 5.74) is 1.69. The van der Waals surface area contributed by atoms with Gasteiger partial charge in [-0.1, -0.05) is 43.4 Å². The van der Waals surface area contributed by atoms with Crippen LogP contribution in [0.25, 0.3) is 0 Å². The summed E-state index contributed by atoms with van der Waals surface area (Å²) >= 11 is 0. The van der Waals surface area contributed by atoms with Gasteiger partial charge in [-0.2, -0.15) is 0 Å². The molecular formula is C16H21N. The summed E-state index contributed by atoms with van der Waals surface area (Å²) in [7, 11) is 0. The fourth-order valence-corrected chi connectivity index (χ4v) is 2.39. The van der Waals surface area contributed by atoms with Gasteiger partial charge in [0.1, 0.15) is 0 Å².